The third kappa shape index (κ3) is 12.1. The summed E-state index contributed by atoms with van der Waals surface area (Å²) in [4.78, 5) is 83.6. The molecule has 1 heterocycles. The van der Waals surface area contributed by atoms with Gasteiger partial charge >= 0.3 is 0 Å². The first kappa shape index (κ1) is 40.6. The van der Waals surface area contributed by atoms with Crippen LogP contribution in [0, 0.1) is 5.92 Å². The molecule has 14 N–H and O–H groups in total. The first-order valence-corrected chi connectivity index (χ1v) is 16.4. The van der Waals surface area contributed by atoms with Gasteiger partial charge in [-0.1, -0.05) is 32.4 Å². The van der Waals surface area contributed by atoms with Crippen LogP contribution in [0.2, 0.25) is 0 Å². The van der Waals surface area contributed by atoms with Crippen LogP contribution in [0.15, 0.2) is 29.3 Å². The van der Waals surface area contributed by atoms with Gasteiger partial charge in [-0.3, -0.25) is 33.8 Å². The Morgan fingerprint density at radius 3 is 2.16 bits per heavy atom. The molecule has 0 aliphatic carbocycles. The van der Waals surface area contributed by atoms with Gasteiger partial charge < -0.3 is 59.3 Å². The van der Waals surface area contributed by atoms with E-state index in [0.717, 1.165) is 4.90 Å². The molecule has 1 saturated heterocycles. The Morgan fingerprint density at radius 2 is 1.61 bits per heavy atom. The lowest BCUT2D eigenvalue weighted by Gasteiger charge is -2.40. The number of aliphatic imine (C=N–C) groups is 1. The summed E-state index contributed by atoms with van der Waals surface area (Å²) in [6, 6.07) is -1.54. The molecule has 7 atom stereocenters. The van der Waals surface area contributed by atoms with E-state index in [0.29, 0.717) is 12.0 Å². The van der Waals surface area contributed by atoms with Crippen LogP contribution in [0.5, 0.6) is 5.75 Å². The molecule has 2 rings (SSSR count). The average Bonchev–Trinajstić information content (AvgIpc) is 3.07. The number of phenols is 1. The molecule has 6 amide bonds. The number of aliphatic hydroxyl groups is 1. The molecular formula is C30H48N10O8S. The van der Waals surface area contributed by atoms with Crippen molar-refractivity contribution < 1.29 is 39.0 Å². The highest BCUT2D eigenvalue weighted by Gasteiger charge is 2.42. The summed E-state index contributed by atoms with van der Waals surface area (Å²) < 4.78 is 0. The Morgan fingerprint density at radius 1 is 1.02 bits per heavy atom. The smallest absolute Gasteiger partial charge is 0.246 e. The van der Waals surface area contributed by atoms with E-state index < -0.39 is 78.3 Å². The maximum Gasteiger partial charge on any atom is 0.246 e. The fraction of sp³-hybridized carbons (Fsp3) is 0.567. The van der Waals surface area contributed by atoms with E-state index in [1.165, 1.54) is 24.3 Å². The van der Waals surface area contributed by atoms with Gasteiger partial charge in [0.1, 0.15) is 36.0 Å². The minimum Gasteiger partial charge on any atom is -0.508 e. The molecule has 1 aliphatic heterocycles. The summed E-state index contributed by atoms with van der Waals surface area (Å²) >= 11 is 4.18. The van der Waals surface area contributed by atoms with Crippen molar-refractivity contribution in [3.05, 3.63) is 29.8 Å². The lowest BCUT2D eigenvalue weighted by molar-refractivity contribution is -0.149. The molecule has 1 aliphatic rings. The first-order valence-electron chi connectivity index (χ1n) is 15.7. The third-order valence-corrected chi connectivity index (χ3v) is 8.48. The number of aromatic hydroxyl groups is 1. The van der Waals surface area contributed by atoms with Crippen LogP contribution in [-0.4, -0.2) is 118 Å². The number of hydrogen-bond acceptors (Lipinski definition) is 11. The van der Waals surface area contributed by atoms with Crippen molar-refractivity contribution in [3.63, 3.8) is 0 Å². The topological polar surface area (TPSA) is 311 Å². The summed E-state index contributed by atoms with van der Waals surface area (Å²) in [6.45, 7) is 2.67. The molecule has 18 nitrogen and oxygen atoms in total. The highest BCUT2D eigenvalue weighted by Crippen LogP contribution is 2.19. The van der Waals surface area contributed by atoms with E-state index in [1.54, 1.807) is 6.92 Å². The van der Waals surface area contributed by atoms with E-state index in [4.69, 9.17) is 22.9 Å². The quantitative estimate of drug-likeness (QED) is 0.0302. The molecule has 1 unspecified atom stereocenters. The lowest BCUT2D eigenvalue weighted by atomic mass is 9.98. The Balaban J connectivity index is 2.35. The summed E-state index contributed by atoms with van der Waals surface area (Å²) in [7, 11) is 0. The number of carbonyl (C=O) groups is 6. The van der Waals surface area contributed by atoms with Crippen molar-refractivity contribution in [3.8, 4) is 5.75 Å². The van der Waals surface area contributed by atoms with Gasteiger partial charge in [-0.25, -0.2) is 0 Å². The number of hydrogen-bond donors (Lipinski definition) is 11. The van der Waals surface area contributed by atoms with Crippen molar-refractivity contribution in [1.29, 1.82) is 0 Å². The molecule has 272 valence electrons. The molecule has 1 fully saturated rings. The highest BCUT2D eigenvalue weighted by molar-refractivity contribution is 7.80. The molecular weight excluding hydrogens is 660 g/mol. The van der Waals surface area contributed by atoms with E-state index in [1.807, 2.05) is 6.92 Å². The molecule has 49 heavy (non-hydrogen) atoms. The van der Waals surface area contributed by atoms with Crippen LogP contribution in [0.25, 0.3) is 0 Å². The van der Waals surface area contributed by atoms with Crippen molar-refractivity contribution in [2.75, 3.05) is 25.4 Å². The number of phenolic OH excluding ortho intramolecular Hbond substituents is 1. The fourth-order valence-electron chi connectivity index (χ4n) is 4.94. The number of thiol groups is 1. The Hall–Kier alpha value is -4.62. The van der Waals surface area contributed by atoms with Crippen LogP contribution in [0.3, 0.4) is 0 Å². The third-order valence-electron chi connectivity index (χ3n) is 8.11. The number of piperazine rings is 1. The maximum absolute atomic E-state index is 14.2. The molecule has 0 bridgehead atoms. The Labute approximate surface area is 289 Å². The van der Waals surface area contributed by atoms with Gasteiger partial charge in [0.15, 0.2) is 5.96 Å². The van der Waals surface area contributed by atoms with Crippen molar-refractivity contribution in [2.24, 2.45) is 33.8 Å². The van der Waals surface area contributed by atoms with Crippen LogP contribution in [0.4, 0.5) is 0 Å². The number of guanidine groups is 1. The Kier molecular flexibility index (Phi) is 16.1. The molecule has 0 radical (unpaired) electrons. The number of amides is 6. The second-order valence-corrected chi connectivity index (χ2v) is 12.1. The minimum absolute atomic E-state index is 0.0398. The standard InChI is InChI=1S/C30H48N10O8S/c1-3-15(2)23(31)28(47)38-20(13-41)25(44)39-21(14-49)26(45)36-18(11-16-6-8-17(42)9-7-16)29(48)40-12-19(24(32)43)37-27(46)22(40)5-4-10-35-30(33)34/h6-9,15,18-23,41-42,49H,3-5,10-14,31H2,1-2H3,(H2,32,43)(H,36,45)(H,37,46)(H,38,47)(H,39,44)(H4,33,34,35)/t15-,18-,19+,20-,21-,22-,23?/m0/s1. The predicted octanol–water partition coefficient (Wildman–Crippen LogP) is -4.08. The first-order chi connectivity index (χ1) is 23.1. The molecule has 1 aromatic rings. The van der Waals surface area contributed by atoms with Crippen molar-refractivity contribution >= 4 is 54.0 Å². The van der Waals surface area contributed by atoms with Gasteiger partial charge in [-0.15, -0.1) is 0 Å². The predicted molar refractivity (Wildman–Crippen MR) is 183 cm³/mol. The van der Waals surface area contributed by atoms with E-state index in [2.05, 4.69) is 38.9 Å². The van der Waals surface area contributed by atoms with Crippen LogP contribution >= 0.6 is 12.6 Å². The average molecular weight is 709 g/mol. The van der Waals surface area contributed by atoms with Gasteiger partial charge in [-0.05, 0) is 36.5 Å². The zero-order chi connectivity index (χ0) is 36.8. The number of nitrogens with two attached hydrogens (primary N) is 4. The van der Waals surface area contributed by atoms with Gasteiger partial charge in [0, 0.05) is 18.7 Å². The number of nitrogens with zero attached hydrogens (tertiary/aromatic N) is 2. The number of primary amides is 1. The second-order valence-electron chi connectivity index (χ2n) is 11.7. The lowest BCUT2D eigenvalue weighted by Crippen LogP contribution is -2.67. The monoisotopic (exact) mass is 708 g/mol. The Bertz CT molecular complexity index is 1360. The second kappa shape index (κ2) is 19.4. The largest absolute Gasteiger partial charge is 0.508 e. The SMILES string of the molecule is CC[C@H](C)C(N)C(=O)N[C@@H](CO)C(=O)N[C@@H](CS)C(=O)N[C@@H](Cc1ccc(O)cc1)C(=O)N1C[C@H](C(N)=O)NC(=O)[C@@H]1CCCN=C(N)N. The molecule has 19 heteroatoms. The van der Waals surface area contributed by atoms with Crippen molar-refractivity contribution in [1.82, 2.24) is 26.2 Å². The molecule has 0 spiro atoms. The zero-order valence-corrected chi connectivity index (χ0v) is 28.4. The minimum atomic E-state index is -1.44. The summed E-state index contributed by atoms with van der Waals surface area (Å²) in [5, 5.41) is 29.5. The molecule has 0 saturated carbocycles. The number of rotatable bonds is 18. The molecule has 1 aromatic carbocycles. The van der Waals surface area contributed by atoms with Gasteiger partial charge in [-0.2, -0.15) is 12.6 Å². The number of aliphatic hydroxyl groups excluding tert-OH is 1. The van der Waals surface area contributed by atoms with Crippen LogP contribution in [-0.2, 0) is 35.2 Å². The van der Waals surface area contributed by atoms with Gasteiger partial charge in [0.05, 0.1) is 19.2 Å². The number of nitrogens with one attached hydrogen (secondary N) is 4. The van der Waals surface area contributed by atoms with Gasteiger partial charge in [0.2, 0.25) is 35.4 Å². The summed E-state index contributed by atoms with van der Waals surface area (Å²) in [6.07, 6.45) is 0.861. The highest BCUT2D eigenvalue weighted by atomic mass is 32.1. The maximum atomic E-state index is 14.2. The van der Waals surface area contributed by atoms with Crippen LogP contribution in [0.1, 0.15) is 38.7 Å². The molecule has 0 aromatic heterocycles. The number of benzene rings is 1. The van der Waals surface area contributed by atoms with E-state index in [-0.39, 0.29) is 55.7 Å². The number of carbonyl (C=O) groups excluding carboxylic acids is 6. The van der Waals surface area contributed by atoms with E-state index in [9.17, 15) is 39.0 Å². The summed E-state index contributed by atoms with van der Waals surface area (Å²) in [5.41, 5.74) is 22.7. The summed E-state index contributed by atoms with van der Waals surface area (Å²) in [5.74, 6) is -5.32. The normalized spacial score (nSPS) is 18.9. The van der Waals surface area contributed by atoms with Crippen LogP contribution < -0.4 is 44.2 Å². The van der Waals surface area contributed by atoms with Crippen molar-refractivity contribution in [2.45, 2.75) is 75.8 Å². The zero-order valence-electron chi connectivity index (χ0n) is 27.5. The fourth-order valence-corrected chi connectivity index (χ4v) is 5.20. The van der Waals surface area contributed by atoms with E-state index >= 15 is 0 Å². The van der Waals surface area contributed by atoms with Gasteiger partial charge in [0.25, 0.3) is 0 Å².